The summed E-state index contributed by atoms with van der Waals surface area (Å²) in [6.45, 7) is 9.38. The lowest BCUT2D eigenvalue weighted by Crippen LogP contribution is -2.34. The zero-order valence-electron chi connectivity index (χ0n) is 20.2. The maximum atomic E-state index is 12.2. The highest BCUT2D eigenvalue weighted by Crippen LogP contribution is 2.25. The summed E-state index contributed by atoms with van der Waals surface area (Å²) in [6.07, 6.45) is -0.468. The van der Waals surface area contributed by atoms with Crippen molar-refractivity contribution in [1.29, 1.82) is 0 Å². The van der Waals surface area contributed by atoms with Crippen LogP contribution in [0.4, 0.5) is 10.5 Å². The lowest BCUT2D eigenvalue weighted by Gasteiger charge is -2.19. The first-order valence-electron chi connectivity index (χ1n) is 10.9. The number of hydrogen-bond acceptors (Lipinski definition) is 5. The van der Waals surface area contributed by atoms with Crippen LogP contribution < -0.4 is 20.7 Å². The van der Waals surface area contributed by atoms with Gasteiger partial charge in [-0.15, -0.1) is 0 Å². The van der Waals surface area contributed by atoms with Crippen molar-refractivity contribution in [2.24, 2.45) is 0 Å². The largest absolute Gasteiger partial charge is 0.484 e. The van der Waals surface area contributed by atoms with Gasteiger partial charge < -0.3 is 25.4 Å². The Morgan fingerprint density at radius 3 is 2.29 bits per heavy atom. The summed E-state index contributed by atoms with van der Waals surface area (Å²) in [6, 6.07) is 10.7. The number of carbonyl (C=O) groups is 3. The SMILES string of the molecule is Cc1cc(OCC(=O)NCc2cccc(NC(=O)CCNC(=O)OC(C)(C)C)c2)cc(C)c1Cl. The van der Waals surface area contributed by atoms with E-state index >= 15 is 0 Å². The van der Waals surface area contributed by atoms with Gasteiger partial charge in [-0.1, -0.05) is 23.7 Å². The van der Waals surface area contributed by atoms with E-state index in [9.17, 15) is 14.4 Å². The number of benzene rings is 2. The topological polar surface area (TPSA) is 106 Å². The molecule has 0 unspecified atom stereocenters. The van der Waals surface area contributed by atoms with Crippen LogP contribution in [-0.2, 0) is 20.9 Å². The molecule has 3 amide bonds. The molecular formula is C25H32ClN3O5. The van der Waals surface area contributed by atoms with Gasteiger partial charge in [0.1, 0.15) is 11.4 Å². The number of nitrogens with one attached hydrogen (secondary N) is 3. The van der Waals surface area contributed by atoms with Crippen molar-refractivity contribution < 1.29 is 23.9 Å². The van der Waals surface area contributed by atoms with E-state index in [4.69, 9.17) is 21.1 Å². The lowest BCUT2D eigenvalue weighted by molar-refractivity contribution is -0.123. The Morgan fingerprint density at radius 1 is 0.971 bits per heavy atom. The van der Waals surface area contributed by atoms with Crippen LogP contribution in [0.2, 0.25) is 5.02 Å². The van der Waals surface area contributed by atoms with Gasteiger partial charge in [0.05, 0.1) is 0 Å². The molecule has 0 aliphatic rings. The van der Waals surface area contributed by atoms with Crippen molar-refractivity contribution in [1.82, 2.24) is 10.6 Å². The number of anilines is 1. The second-order valence-electron chi connectivity index (χ2n) is 8.86. The number of aryl methyl sites for hydroxylation is 2. The van der Waals surface area contributed by atoms with E-state index in [-0.39, 0.29) is 37.9 Å². The molecule has 0 bridgehead atoms. The molecule has 9 heteroatoms. The Morgan fingerprint density at radius 2 is 1.65 bits per heavy atom. The molecule has 0 atom stereocenters. The Labute approximate surface area is 205 Å². The molecule has 8 nitrogen and oxygen atoms in total. The molecule has 3 N–H and O–H groups in total. The zero-order valence-corrected chi connectivity index (χ0v) is 21.0. The average molecular weight is 490 g/mol. The highest BCUT2D eigenvalue weighted by Gasteiger charge is 2.16. The Hall–Kier alpha value is -3.26. The molecule has 0 aromatic heterocycles. The molecular weight excluding hydrogens is 458 g/mol. The molecule has 2 aromatic rings. The molecule has 0 radical (unpaired) electrons. The van der Waals surface area contributed by atoms with Crippen LogP contribution in [0.3, 0.4) is 0 Å². The highest BCUT2D eigenvalue weighted by molar-refractivity contribution is 6.32. The quantitative estimate of drug-likeness (QED) is 0.480. The minimum atomic E-state index is -0.595. The van der Waals surface area contributed by atoms with Gasteiger partial charge in [0.15, 0.2) is 6.61 Å². The van der Waals surface area contributed by atoms with E-state index in [2.05, 4.69) is 16.0 Å². The van der Waals surface area contributed by atoms with E-state index in [1.165, 1.54) is 0 Å². The number of carbonyl (C=O) groups excluding carboxylic acids is 3. The van der Waals surface area contributed by atoms with Gasteiger partial charge in [0.25, 0.3) is 5.91 Å². The molecule has 0 saturated heterocycles. The van der Waals surface area contributed by atoms with Crippen molar-refractivity contribution in [2.75, 3.05) is 18.5 Å². The molecule has 184 valence electrons. The third-order valence-electron chi connectivity index (χ3n) is 4.50. The maximum absolute atomic E-state index is 12.2. The predicted octanol–water partition coefficient (Wildman–Crippen LogP) is 4.51. The standard InChI is InChI=1S/C25H32ClN3O5/c1-16-11-20(12-17(2)23(16)26)33-15-22(31)28-14-18-7-6-8-19(13-18)29-21(30)9-10-27-24(32)34-25(3,4)5/h6-8,11-13H,9-10,14-15H2,1-5H3,(H,27,32)(H,28,31)(H,29,30). The third-order valence-corrected chi connectivity index (χ3v) is 5.10. The number of rotatable bonds is 9. The molecule has 0 aliphatic carbocycles. The van der Waals surface area contributed by atoms with Crippen molar-refractivity contribution in [3.63, 3.8) is 0 Å². The fourth-order valence-electron chi connectivity index (χ4n) is 2.96. The summed E-state index contributed by atoms with van der Waals surface area (Å²) >= 11 is 6.15. The molecule has 0 fully saturated rings. The molecule has 0 saturated carbocycles. The van der Waals surface area contributed by atoms with Crippen molar-refractivity contribution in [2.45, 2.75) is 53.2 Å². The Kier molecular flexibility index (Phi) is 9.74. The molecule has 0 heterocycles. The second kappa shape index (κ2) is 12.3. The summed E-state index contributed by atoms with van der Waals surface area (Å²) in [4.78, 5) is 35.9. The predicted molar refractivity (Wildman–Crippen MR) is 132 cm³/mol. The minimum absolute atomic E-state index is 0.0984. The Bertz CT molecular complexity index is 1010. The van der Waals surface area contributed by atoms with Crippen molar-refractivity contribution >= 4 is 35.2 Å². The first kappa shape index (κ1) is 27.0. The van der Waals surface area contributed by atoms with Gasteiger partial charge in [-0.2, -0.15) is 0 Å². The first-order valence-corrected chi connectivity index (χ1v) is 11.3. The monoisotopic (exact) mass is 489 g/mol. The van der Waals surface area contributed by atoms with Gasteiger partial charge in [-0.25, -0.2) is 4.79 Å². The Balaban J connectivity index is 1.75. The smallest absolute Gasteiger partial charge is 0.407 e. The van der Waals surface area contributed by atoms with E-state index in [1.54, 1.807) is 51.1 Å². The van der Waals surface area contributed by atoms with Crippen molar-refractivity contribution in [3.05, 3.63) is 58.1 Å². The van der Waals surface area contributed by atoms with Crippen LogP contribution in [0.5, 0.6) is 5.75 Å². The van der Waals surface area contributed by atoms with Crippen LogP contribution in [0.1, 0.15) is 43.9 Å². The number of amides is 3. The molecule has 2 rings (SSSR count). The van der Waals surface area contributed by atoms with Crippen molar-refractivity contribution in [3.8, 4) is 5.75 Å². The van der Waals surface area contributed by atoms with Crippen LogP contribution in [0.25, 0.3) is 0 Å². The molecule has 34 heavy (non-hydrogen) atoms. The van der Waals surface area contributed by atoms with Gasteiger partial charge in [-0.3, -0.25) is 9.59 Å². The van der Waals surface area contributed by atoms with Crippen LogP contribution >= 0.6 is 11.6 Å². The lowest BCUT2D eigenvalue weighted by atomic mass is 10.1. The van der Waals surface area contributed by atoms with Crippen LogP contribution in [0.15, 0.2) is 36.4 Å². The third kappa shape index (κ3) is 9.70. The fraction of sp³-hybridized carbons (Fsp3) is 0.400. The summed E-state index contributed by atoms with van der Waals surface area (Å²) in [5.41, 5.74) is 2.59. The minimum Gasteiger partial charge on any atom is -0.484 e. The molecule has 0 aliphatic heterocycles. The summed E-state index contributed by atoms with van der Waals surface area (Å²) < 4.78 is 10.7. The first-order chi connectivity index (χ1) is 15.9. The van der Waals surface area contributed by atoms with Gasteiger partial charge in [-0.05, 0) is 75.6 Å². The second-order valence-corrected chi connectivity index (χ2v) is 9.24. The highest BCUT2D eigenvalue weighted by atomic mass is 35.5. The van der Waals surface area contributed by atoms with E-state index in [1.807, 2.05) is 19.9 Å². The molecule has 2 aromatic carbocycles. The summed E-state index contributed by atoms with van der Waals surface area (Å²) in [7, 11) is 0. The number of hydrogen-bond donors (Lipinski definition) is 3. The number of halogens is 1. The maximum Gasteiger partial charge on any atom is 0.407 e. The van der Waals surface area contributed by atoms with E-state index < -0.39 is 11.7 Å². The van der Waals surface area contributed by atoms with Gasteiger partial charge >= 0.3 is 6.09 Å². The summed E-state index contributed by atoms with van der Waals surface area (Å²) in [5, 5.41) is 8.79. The number of ether oxygens (including phenoxy) is 2. The zero-order chi connectivity index (χ0) is 25.3. The molecule has 0 spiro atoms. The van der Waals surface area contributed by atoms with E-state index in [0.29, 0.717) is 16.5 Å². The number of alkyl carbamates (subject to hydrolysis) is 1. The van der Waals surface area contributed by atoms with E-state index in [0.717, 1.165) is 16.7 Å². The fourth-order valence-corrected chi connectivity index (χ4v) is 3.07. The summed E-state index contributed by atoms with van der Waals surface area (Å²) in [5.74, 6) is 0.0625. The van der Waals surface area contributed by atoms with Gasteiger partial charge in [0.2, 0.25) is 5.91 Å². The van der Waals surface area contributed by atoms with Crippen LogP contribution in [-0.4, -0.2) is 36.7 Å². The van der Waals surface area contributed by atoms with Crippen LogP contribution in [0, 0.1) is 13.8 Å². The average Bonchev–Trinajstić information content (AvgIpc) is 2.73. The normalized spacial score (nSPS) is 10.9. The van der Waals surface area contributed by atoms with Gasteiger partial charge in [0, 0.05) is 30.2 Å².